The van der Waals surface area contributed by atoms with E-state index in [1.165, 1.54) is 29.7 Å². The molecule has 1 fully saturated rings. The Labute approximate surface area is 162 Å². The molecule has 0 aromatic carbocycles. The highest BCUT2D eigenvalue weighted by molar-refractivity contribution is 7.19. The van der Waals surface area contributed by atoms with E-state index in [2.05, 4.69) is 23.9 Å². The number of aryl methyl sites for hydroxylation is 1. The van der Waals surface area contributed by atoms with Gasteiger partial charge in [0.25, 0.3) is 5.91 Å². The van der Waals surface area contributed by atoms with Crippen molar-refractivity contribution in [3.8, 4) is 0 Å². The summed E-state index contributed by atoms with van der Waals surface area (Å²) in [6.45, 7) is 5.25. The first-order valence-electron chi connectivity index (χ1n) is 10.1. The summed E-state index contributed by atoms with van der Waals surface area (Å²) in [5.41, 5.74) is 2.18. The number of amides is 1. The summed E-state index contributed by atoms with van der Waals surface area (Å²) in [6.07, 6.45) is 9.60. The first-order valence-corrected chi connectivity index (χ1v) is 11.0. The quantitative estimate of drug-likeness (QED) is 0.666. The number of rotatable bonds is 2. The SMILES string of the molecule is CC[C@@H]1CCCCN1C(=O)c1nc2c3c4c(sc3ncn2n1)CCC[C@@H]4C. The highest BCUT2D eigenvalue weighted by Crippen LogP contribution is 2.42. The fourth-order valence-electron chi connectivity index (χ4n) is 4.80. The number of likely N-dealkylation sites (tertiary alicyclic amines) is 1. The summed E-state index contributed by atoms with van der Waals surface area (Å²) in [4.78, 5) is 26.9. The third-order valence-corrected chi connectivity index (χ3v) is 7.40. The predicted molar refractivity (Wildman–Crippen MR) is 106 cm³/mol. The smallest absolute Gasteiger partial charge is 0.293 e. The molecule has 0 spiro atoms. The van der Waals surface area contributed by atoms with Crippen LogP contribution in [0.2, 0.25) is 0 Å². The monoisotopic (exact) mass is 383 g/mol. The minimum absolute atomic E-state index is 0.0319. The van der Waals surface area contributed by atoms with Gasteiger partial charge in [-0.2, -0.15) is 0 Å². The summed E-state index contributed by atoms with van der Waals surface area (Å²) < 4.78 is 1.70. The summed E-state index contributed by atoms with van der Waals surface area (Å²) in [7, 11) is 0. The fourth-order valence-corrected chi connectivity index (χ4v) is 6.09. The number of nitrogens with zero attached hydrogens (tertiary/aromatic N) is 5. The van der Waals surface area contributed by atoms with Crippen molar-refractivity contribution < 1.29 is 4.79 Å². The van der Waals surface area contributed by atoms with Crippen LogP contribution in [0.3, 0.4) is 0 Å². The van der Waals surface area contributed by atoms with E-state index in [0.29, 0.717) is 17.8 Å². The number of carbonyl (C=O) groups is 1. The van der Waals surface area contributed by atoms with Crippen molar-refractivity contribution in [2.24, 2.45) is 0 Å². The van der Waals surface area contributed by atoms with E-state index in [0.717, 1.165) is 48.1 Å². The Hall–Kier alpha value is -2.02. The standard InChI is InChI=1S/C20H25N5OS/c1-3-13-8-4-5-10-24(13)20(26)17-22-18-16-15-12(2)7-6-9-14(15)27-19(16)21-11-25(18)23-17/h11-13H,3-10H2,1-2H3/t12-,13+/m0/s1. The van der Waals surface area contributed by atoms with E-state index < -0.39 is 0 Å². The molecule has 0 saturated carbocycles. The van der Waals surface area contributed by atoms with E-state index in [9.17, 15) is 4.79 Å². The van der Waals surface area contributed by atoms with Crippen LogP contribution in [0, 0.1) is 0 Å². The highest BCUT2D eigenvalue weighted by atomic mass is 32.1. The number of aromatic nitrogens is 4. The number of thiophene rings is 1. The molecular weight excluding hydrogens is 358 g/mol. The number of hydrogen-bond donors (Lipinski definition) is 0. The molecule has 0 N–H and O–H groups in total. The molecule has 4 heterocycles. The average molecular weight is 384 g/mol. The molecular formula is C20H25N5OS. The van der Waals surface area contributed by atoms with Gasteiger partial charge in [-0.25, -0.2) is 14.5 Å². The lowest BCUT2D eigenvalue weighted by atomic mass is 9.87. The molecule has 2 aliphatic rings. The largest absolute Gasteiger partial charge is 0.333 e. The first-order chi connectivity index (χ1) is 13.2. The lowest BCUT2D eigenvalue weighted by molar-refractivity contribution is 0.0595. The van der Waals surface area contributed by atoms with Gasteiger partial charge in [0, 0.05) is 17.5 Å². The number of carbonyl (C=O) groups excluding carboxylic acids is 1. The maximum Gasteiger partial charge on any atom is 0.293 e. The Morgan fingerprint density at radius 1 is 1.30 bits per heavy atom. The molecule has 3 aromatic heterocycles. The van der Waals surface area contributed by atoms with E-state index in [1.54, 1.807) is 22.2 Å². The zero-order valence-corrected chi connectivity index (χ0v) is 16.8. The molecule has 0 unspecified atom stereocenters. The Morgan fingerprint density at radius 3 is 3.04 bits per heavy atom. The van der Waals surface area contributed by atoms with Crippen LogP contribution in [0.25, 0.3) is 15.9 Å². The topological polar surface area (TPSA) is 63.4 Å². The summed E-state index contributed by atoms with van der Waals surface area (Å²) in [6, 6.07) is 0.310. The molecule has 7 heteroatoms. The minimum atomic E-state index is -0.0319. The van der Waals surface area contributed by atoms with Gasteiger partial charge < -0.3 is 4.90 Å². The molecule has 3 aromatic rings. The highest BCUT2D eigenvalue weighted by Gasteiger charge is 2.30. The van der Waals surface area contributed by atoms with Gasteiger partial charge in [0.15, 0.2) is 5.65 Å². The van der Waals surface area contributed by atoms with Crippen LogP contribution in [0.1, 0.15) is 79.3 Å². The van der Waals surface area contributed by atoms with Crippen molar-refractivity contribution in [3.63, 3.8) is 0 Å². The van der Waals surface area contributed by atoms with Gasteiger partial charge in [0.2, 0.25) is 5.82 Å². The Morgan fingerprint density at radius 2 is 2.19 bits per heavy atom. The molecule has 142 valence electrons. The van der Waals surface area contributed by atoms with Gasteiger partial charge >= 0.3 is 0 Å². The van der Waals surface area contributed by atoms with Crippen molar-refractivity contribution in [2.45, 2.75) is 70.8 Å². The molecule has 1 aliphatic heterocycles. The van der Waals surface area contributed by atoms with E-state index in [1.807, 2.05) is 4.90 Å². The maximum absolute atomic E-state index is 13.1. The molecule has 6 nitrogen and oxygen atoms in total. The lowest BCUT2D eigenvalue weighted by Crippen LogP contribution is -2.43. The molecule has 1 aliphatic carbocycles. The normalized spacial score (nSPS) is 23.1. The number of fused-ring (bicyclic) bond motifs is 5. The molecule has 27 heavy (non-hydrogen) atoms. The Balaban J connectivity index is 1.62. The second-order valence-corrected chi connectivity index (χ2v) is 9.00. The third-order valence-electron chi connectivity index (χ3n) is 6.23. The van der Waals surface area contributed by atoms with Crippen LogP contribution in [0.15, 0.2) is 6.33 Å². The van der Waals surface area contributed by atoms with Gasteiger partial charge in [0.05, 0.1) is 5.39 Å². The Kier molecular flexibility index (Phi) is 4.15. The second-order valence-electron chi connectivity index (χ2n) is 7.92. The fraction of sp³-hybridized carbons (Fsp3) is 0.600. The van der Waals surface area contributed by atoms with E-state index in [-0.39, 0.29) is 5.91 Å². The average Bonchev–Trinajstić information content (AvgIpc) is 3.28. The summed E-state index contributed by atoms with van der Waals surface area (Å²) in [5.74, 6) is 0.793. The number of piperidine rings is 1. The minimum Gasteiger partial charge on any atom is -0.333 e. The zero-order chi connectivity index (χ0) is 18.5. The zero-order valence-electron chi connectivity index (χ0n) is 15.9. The number of hydrogen-bond acceptors (Lipinski definition) is 5. The molecule has 0 radical (unpaired) electrons. The summed E-state index contributed by atoms with van der Waals surface area (Å²) in [5, 5.41) is 5.63. The van der Waals surface area contributed by atoms with Crippen LogP contribution in [-0.2, 0) is 6.42 Å². The van der Waals surface area contributed by atoms with Crippen LogP contribution < -0.4 is 0 Å². The first kappa shape index (κ1) is 17.1. The van der Waals surface area contributed by atoms with Crippen LogP contribution >= 0.6 is 11.3 Å². The second kappa shape index (κ2) is 6.55. The van der Waals surface area contributed by atoms with Crippen molar-refractivity contribution in [3.05, 3.63) is 22.6 Å². The molecule has 1 amide bonds. The molecule has 5 rings (SSSR count). The maximum atomic E-state index is 13.1. The Bertz CT molecular complexity index is 1020. The van der Waals surface area contributed by atoms with Crippen LogP contribution in [0.5, 0.6) is 0 Å². The molecule has 1 saturated heterocycles. The molecule has 0 bridgehead atoms. The molecule has 2 atom stereocenters. The van der Waals surface area contributed by atoms with Crippen molar-refractivity contribution in [2.75, 3.05) is 6.54 Å². The lowest BCUT2D eigenvalue weighted by Gasteiger charge is -2.34. The van der Waals surface area contributed by atoms with Gasteiger partial charge in [-0.15, -0.1) is 16.4 Å². The van der Waals surface area contributed by atoms with Gasteiger partial charge in [-0.05, 0) is 56.4 Å². The predicted octanol–water partition coefficient (Wildman–Crippen LogP) is 4.18. The van der Waals surface area contributed by atoms with Gasteiger partial charge in [0.1, 0.15) is 11.2 Å². The van der Waals surface area contributed by atoms with Gasteiger partial charge in [-0.3, -0.25) is 4.79 Å². The third kappa shape index (κ3) is 2.66. The van der Waals surface area contributed by atoms with Crippen molar-refractivity contribution in [1.82, 2.24) is 24.5 Å². The van der Waals surface area contributed by atoms with Crippen LogP contribution in [0.4, 0.5) is 0 Å². The summed E-state index contributed by atoms with van der Waals surface area (Å²) >= 11 is 1.78. The van der Waals surface area contributed by atoms with Crippen molar-refractivity contribution >= 4 is 33.1 Å². The van der Waals surface area contributed by atoms with E-state index >= 15 is 0 Å². The van der Waals surface area contributed by atoms with Crippen molar-refractivity contribution in [1.29, 1.82) is 0 Å². The van der Waals surface area contributed by atoms with Gasteiger partial charge in [-0.1, -0.05) is 13.8 Å². The van der Waals surface area contributed by atoms with Crippen LogP contribution in [-0.4, -0.2) is 43.0 Å². The van der Waals surface area contributed by atoms with E-state index in [4.69, 9.17) is 4.98 Å².